The van der Waals surface area contributed by atoms with Crippen molar-refractivity contribution in [1.82, 2.24) is 10.3 Å². The van der Waals surface area contributed by atoms with Crippen LogP contribution in [-0.2, 0) is 4.74 Å². The van der Waals surface area contributed by atoms with Crippen molar-refractivity contribution in [2.45, 2.75) is 53.2 Å². The topological polar surface area (TPSA) is 34.1 Å². The van der Waals surface area contributed by atoms with Gasteiger partial charge in [0.1, 0.15) is 11.1 Å². The fourth-order valence-electron chi connectivity index (χ4n) is 1.91. The van der Waals surface area contributed by atoms with Crippen molar-refractivity contribution in [3.63, 3.8) is 0 Å². The molecule has 0 amide bonds. The fraction of sp³-hybridized carbons (Fsp3) is 0.786. The van der Waals surface area contributed by atoms with Crippen LogP contribution < -0.4 is 5.32 Å². The molecule has 0 spiro atoms. The van der Waals surface area contributed by atoms with Crippen LogP contribution in [0.15, 0.2) is 5.38 Å². The van der Waals surface area contributed by atoms with Gasteiger partial charge in [-0.3, -0.25) is 0 Å². The Morgan fingerprint density at radius 1 is 1.44 bits per heavy atom. The van der Waals surface area contributed by atoms with Gasteiger partial charge in [-0.1, -0.05) is 27.7 Å². The molecule has 1 aromatic rings. The molecule has 0 fully saturated rings. The Morgan fingerprint density at radius 3 is 2.61 bits per heavy atom. The van der Waals surface area contributed by atoms with Gasteiger partial charge in [0.15, 0.2) is 0 Å². The number of aromatic nitrogens is 1. The summed E-state index contributed by atoms with van der Waals surface area (Å²) in [7, 11) is 1.76. The molecule has 1 heterocycles. The Labute approximate surface area is 115 Å². The van der Waals surface area contributed by atoms with E-state index < -0.39 is 0 Å². The lowest BCUT2D eigenvalue weighted by atomic mass is 9.89. The molecule has 2 unspecified atom stereocenters. The van der Waals surface area contributed by atoms with E-state index in [1.165, 1.54) is 0 Å². The van der Waals surface area contributed by atoms with Crippen LogP contribution in [0.3, 0.4) is 0 Å². The van der Waals surface area contributed by atoms with Crippen LogP contribution in [-0.4, -0.2) is 18.6 Å². The second-order valence-corrected chi connectivity index (χ2v) is 6.66. The largest absolute Gasteiger partial charge is 0.374 e. The van der Waals surface area contributed by atoms with Gasteiger partial charge >= 0.3 is 0 Å². The first kappa shape index (κ1) is 15.6. The minimum atomic E-state index is 0.0645. The van der Waals surface area contributed by atoms with Gasteiger partial charge in [0.25, 0.3) is 0 Å². The normalized spacial score (nSPS) is 15.7. The van der Waals surface area contributed by atoms with Crippen LogP contribution in [0.25, 0.3) is 0 Å². The SMILES string of the molecule is CCCNC(C)c1csc(C(OC)C(C)(C)C)n1. The number of methoxy groups -OCH3 is 1. The molecule has 1 rings (SSSR count). The highest BCUT2D eigenvalue weighted by Gasteiger charge is 2.29. The van der Waals surface area contributed by atoms with E-state index in [0.29, 0.717) is 6.04 Å². The fourth-order valence-corrected chi connectivity index (χ4v) is 3.14. The van der Waals surface area contributed by atoms with Gasteiger partial charge < -0.3 is 10.1 Å². The minimum absolute atomic E-state index is 0.0645. The monoisotopic (exact) mass is 270 g/mol. The molecule has 1 N–H and O–H groups in total. The number of nitrogens with zero attached hydrogens (tertiary/aromatic N) is 1. The Balaban J connectivity index is 2.78. The van der Waals surface area contributed by atoms with Gasteiger partial charge in [-0.05, 0) is 25.3 Å². The number of nitrogens with one attached hydrogen (secondary N) is 1. The third-order valence-electron chi connectivity index (χ3n) is 2.93. The molecular formula is C14H26N2OS. The van der Waals surface area contributed by atoms with E-state index in [-0.39, 0.29) is 11.5 Å². The first-order valence-electron chi connectivity index (χ1n) is 6.61. The van der Waals surface area contributed by atoms with Crippen molar-refractivity contribution in [2.75, 3.05) is 13.7 Å². The van der Waals surface area contributed by atoms with E-state index in [4.69, 9.17) is 9.72 Å². The van der Waals surface area contributed by atoms with Gasteiger partial charge in [0, 0.05) is 18.5 Å². The first-order valence-corrected chi connectivity index (χ1v) is 7.49. The summed E-state index contributed by atoms with van der Waals surface area (Å²) >= 11 is 1.69. The number of hydrogen-bond donors (Lipinski definition) is 1. The van der Waals surface area contributed by atoms with E-state index in [1.807, 2.05) is 0 Å². The molecule has 0 saturated heterocycles. The molecule has 104 valence electrons. The van der Waals surface area contributed by atoms with Crippen molar-refractivity contribution >= 4 is 11.3 Å². The second kappa shape index (κ2) is 6.64. The summed E-state index contributed by atoms with van der Waals surface area (Å²) in [6.07, 6.45) is 1.21. The predicted octanol–water partition coefficient (Wildman–Crippen LogP) is 3.94. The quantitative estimate of drug-likeness (QED) is 0.850. The maximum absolute atomic E-state index is 5.60. The molecule has 0 aliphatic carbocycles. The molecule has 0 saturated carbocycles. The van der Waals surface area contributed by atoms with Crippen LogP contribution in [0.1, 0.15) is 63.9 Å². The lowest BCUT2D eigenvalue weighted by Gasteiger charge is -2.27. The zero-order chi connectivity index (χ0) is 13.8. The summed E-state index contributed by atoms with van der Waals surface area (Å²) in [5.74, 6) is 0. The molecule has 2 atom stereocenters. The molecule has 4 heteroatoms. The maximum Gasteiger partial charge on any atom is 0.122 e. The summed E-state index contributed by atoms with van der Waals surface area (Å²) in [6, 6.07) is 0.312. The second-order valence-electron chi connectivity index (χ2n) is 5.77. The zero-order valence-electron chi connectivity index (χ0n) is 12.4. The maximum atomic E-state index is 5.60. The smallest absolute Gasteiger partial charge is 0.122 e. The highest BCUT2D eigenvalue weighted by molar-refractivity contribution is 7.09. The number of ether oxygens (including phenoxy) is 1. The summed E-state index contributed by atoms with van der Waals surface area (Å²) < 4.78 is 5.60. The molecule has 1 aromatic heterocycles. The van der Waals surface area contributed by atoms with Crippen molar-refractivity contribution in [2.24, 2.45) is 5.41 Å². The van der Waals surface area contributed by atoms with Gasteiger partial charge in [0.05, 0.1) is 5.69 Å². The molecule has 18 heavy (non-hydrogen) atoms. The molecule has 0 bridgehead atoms. The van der Waals surface area contributed by atoms with Crippen molar-refractivity contribution in [3.8, 4) is 0 Å². The van der Waals surface area contributed by atoms with Gasteiger partial charge in [-0.2, -0.15) is 0 Å². The summed E-state index contributed by atoms with van der Waals surface area (Å²) in [5.41, 5.74) is 1.19. The summed E-state index contributed by atoms with van der Waals surface area (Å²) in [6.45, 7) is 11.9. The van der Waals surface area contributed by atoms with Gasteiger partial charge in [-0.25, -0.2) is 4.98 Å². The van der Waals surface area contributed by atoms with E-state index in [9.17, 15) is 0 Å². The van der Waals surface area contributed by atoms with Crippen LogP contribution in [0.2, 0.25) is 0 Å². The zero-order valence-corrected chi connectivity index (χ0v) is 13.2. The Hall–Kier alpha value is -0.450. The average Bonchev–Trinajstić information content (AvgIpc) is 2.74. The average molecular weight is 270 g/mol. The highest BCUT2D eigenvalue weighted by Crippen LogP contribution is 2.37. The van der Waals surface area contributed by atoms with Crippen molar-refractivity contribution in [1.29, 1.82) is 0 Å². The van der Waals surface area contributed by atoms with Crippen LogP contribution in [0.4, 0.5) is 0 Å². The Kier molecular flexibility index (Phi) is 5.76. The molecule has 0 radical (unpaired) electrons. The van der Waals surface area contributed by atoms with E-state index in [0.717, 1.165) is 23.7 Å². The number of hydrogen-bond acceptors (Lipinski definition) is 4. The third kappa shape index (κ3) is 4.04. The van der Waals surface area contributed by atoms with E-state index >= 15 is 0 Å². The third-order valence-corrected chi connectivity index (χ3v) is 3.84. The van der Waals surface area contributed by atoms with Crippen LogP contribution in [0.5, 0.6) is 0 Å². The van der Waals surface area contributed by atoms with E-state index in [2.05, 4.69) is 45.3 Å². The van der Waals surface area contributed by atoms with Crippen molar-refractivity contribution in [3.05, 3.63) is 16.1 Å². The van der Waals surface area contributed by atoms with E-state index in [1.54, 1.807) is 18.4 Å². The number of rotatable bonds is 6. The molecule has 0 aliphatic heterocycles. The van der Waals surface area contributed by atoms with Crippen LogP contribution in [0, 0.1) is 5.41 Å². The lowest BCUT2D eigenvalue weighted by Crippen LogP contribution is -2.21. The Bertz CT molecular complexity index is 357. The molecule has 3 nitrogen and oxygen atoms in total. The summed E-state index contributed by atoms with van der Waals surface area (Å²) in [4.78, 5) is 4.73. The summed E-state index contributed by atoms with van der Waals surface area (Å²) in [5, 5.41) is 6.67. The molecule has 0 aliphatic rings. The molecule has 0 aromatic carbocycles. The first-order chi connectivity index (χ1) is 8.40. The van der Waals surface area contributed by atoms with Gasteiger partial charge in [-0.15, -0.1) is 11.3 Å². The minimum Gasteiger partial charge on any atom is -0.374 e. The van der Waals surface area contributed by atoms with Crippen molar-refractivity contribution < 1.29 is 4.74 Å². The van der Waals surface area contributed by atoms with Gasteiger partial charge in [0.2, 0.25) is 0 Å². The molecular weight excluding hydrogens is 244 g/mol. The van der Waals surface area contributed by atoms with Crippen LogP contribution >= 0.6 is 11.3 Å². The number of thiazole rings is 1. The highest BCUT2D eigenvalue weighted by atomic mass is 32.1. The predicted molar refractivity (Wildman–Crippen MR) is 78.0 cm³/mol. The Morgan fingerprint density at radius 2 is 2.11 bits per heavy atom. The standard InChI is InChI=1S/C14H26N2OS/c1-7-8-15-10(2)11-9-18-13(16-11)12(17-6)14(3,4)5/h9-10,12,15H,7-8H2,1-6H3. The lowest BCUT2D eigenvalue weighted by molar-refractivity contribution is 0.0149.